The normalized spacial score (nSPS) is 15.3. The molecule has 39 heavy (non-hydrogen) atoms. The first-order valence-electron chi connectivity index (χ1n) is 13.4. The third kappa shape index (κ3) is 5.05. The molecule has 1 aliphatic heterocycles. The van der Waals surface area contributed by atoms with Crippen molar-refractivity contribution < 1.29 is 4.39 Å². The van der Waals surface area contributed by atoms with E-state index in [2.05, 4.69) is 43.8 Å². The van der Waals surface area contributed by atoms with Crippen LogP contribution in [-0.4, -0.2) is 49.7 Å². The van der Waals surface area contributed by atoms with Crippen molar-refractivity contribution in [1.29, 1.82) is 0 Å². The zero-order chi connectivity index (χ0) is 26.8. The van der Waals surface area contributed by atoms with E-state index in [9.17, 15) is 4.39 Å². The molecular formula is C32H31FN6. The number of fused-ring (bicyclic) bond motifs is 2. The SMILES string of the molecule is C=C/C(=C\C(=C/C)c1ccc2[nH]nc(-c3cc4c(-c5cccc(F)c5)ccnc4[nH]3)c2n1)CN1CCCCC1. The van der Waals surface area contributed by atoms with Gasteiger partial charge >= 0.3 is 0 Å². The van der Waals surface area contributed by atoms with Crippen LogP contribution >= 0.6 is 0 Å². The van der Waals surface area contributed by atoms with Gasteiger partial charge in [-0.15, -0.1) is 0 Å². The summed E-state index contributed by atoms with van der Waals surface area (Å²) in [6.07, 6.45) is 11.8. The monoisotopic (exact) mass is 518 g/mol. The van der Waals surface area contributed by atoms with Gasteiger partial charge in [-0.2, -0.15) is 5.10 Å². The zero-order valence-electron chi connectivity index (χ0n) is 22.0. The first-order chi connectivity index (χ1) is 19.1. The lowest BCUT2D eigenvalue weighted by atomic mass is 10.0. The maximum atomic E-state index is 13.9. The average Bonchev–Trinajstić information content (AvgIpc) is 3.59. The number of halogens is 1. The third-order valence-electron chi connectivity index (χ3n) is 7.40. The summed E-state index contributed by atoms with van der Waals surface area (Å²) in [4.78, 5) is 15.4. The highest BCUT2D eigenvalue weighted by Gasteiger charge is 2.17. The molecule has 6 nitrogen and oxygen atoms in total. The first kappa shape index (κ1) is 24.9. The highest BCUT2D eigenvalue weighted by Crippen LogP contribution is 2.33. The molecule has 0 radical (unpaired) electrons. The standard InChI is InChI=1S/C32H31FN6/c1-3-21(20-39-15-6-5-7-16-39)17-22(4-2)27-11-12-28-30(35-27)31(38-37-28)29-19-26-25(13-14-34-32(26)36-29)23-9-8-10-24(33)18-23/h3-4,8-14,17-19H,1,5-7,15-16,20H2,2H3,(H,34,36)(H,37,38)/b21-17+,22-4+. The Morgan fingerprint density at radius 3 is 2.77 bits per heavy atom. The Hall–Kier alpha value is -4.36. The van der Waals surface area contributed by atoms with Gasteiger partial charge in [0.05, 0.1) is 16.9 Å². The van der Waals surface area contributed by atoms with Gasteiger partial charge in [-0.1, -0.05) is 37.3 Å². The van der Waals surface area contributed by atoms with Crippen molar-refractivity contribution in [3.63, 3.8) is 0 Å². The molecule has 0 amide bonds. The maximum Gasteiger partial charge on any atom is 0.138 e. The lowest BCUT2D eigenvalue weighted by molar-refractivity contribution is 0.248. The van der Waals surface area contributed by atoms with Crippen LogP contribution in [0.2, 0.25) is 0 Å². The molecule has 0 unspecified atom stereocenters. The van der Waals surface area contributed by atoms with Crippen molar-refractivity contribution in [1.82, 2.24) is 30.0 Å². The third-order valence-corrected chi connectivity index (χ3v) is 7.40. The Morgan fingerprint density at radius 2 is 1.97 bits per heavy atom. The maximum absolute atomic E-state index is 13.9. The van der Waals surface area contributed by atoms with Gasteiger partial charge < -0.3 is 4.98 Å². The molecule has 1 aromatic carbocycles. The highest BCUT2D eigenvalue weighted by molar-refractivity contribution is 5.99. The molecule has 0 bridgehead atoms. The molecule has 1 aliphatic rings. The summed E-state index contributed by atoms with van der Waals surface area (Å²) in [5, 5.41) is 8.61. The van der Waals surface area contributed by atoms with Crippen LogP contribution in [0.1, 0.15) is 31.9 Å². The highest BCUT2D eigenvalue weighted by atomic mass is 19.1. The summed E-state index contributed by atoms with van der Waals surface area (Å²) in [6, 6.07) is 14.6. The number of rotatable bonds is 7. The summed E-state index contributed by atoms with van der Waals surface area (Å²) < 4.78 is 13.9. The molecule has 5 heterocycles. The average molecular weight is 519 g/mol. The molecule has 0 saturated carbocycles. The van der Waals surface area contributed by atoms with Crippen LogP contribution < -0.4 is 0 Å². The van der Waals surface area contributed by atoms with Crippen LogP contribution in [0.3, 0.4) is 0 Å². The number of aromatic nitrogens is 5. The fourth-order valence-electron chi connectivity index (χ4n) is 5.36. The predicted molar refractivity (Wildman–Crippen MR) is 157 cm³/mol. The number of aromatic amines is 2. The molecule has 5 aromatic rings. The molecule has 7 heteroatoms. The zero-order valence-corrected chi connectivity index (χ0v) is 22.0. The summed E-state index contributed by atoms with van der Waals surface area (Å²) in [6.45, 7) is 9.28. The van der Waals surface area contributed by atoms with Crippen LogP contribution in [0.4, 0.5) is 4.39 Å². The van der Waals surface area contributed by atoms with Gasteiger partial charge in [0, 0.05) is 18.1 Å². The topological polar surface area (TPSA) is 73.5 Å². The van der Waals surface area contributed by atoms with Crippen molar-refractivity contribution in [2.75, 3.05) is 19.6 Å². The fourth-order valence-corrected chi connectivity index (χ4v) is 5.36. The number of benzene rings is 1. The minimum Gasteiger partial charge on any atom is -0.338 e. The largest absolute Gasteiger partial charge is 0.338 e. The van der Waals surface area contributed by atoms with Gasteiger partial charge in [-0.3, -0.25) is 10.00 Å². The van der Waals surface area contributed by atoms with E-state index in [0.717, 1.165) is 64.1 Å². The lowest BCUT2D eigenvalue weighted by Crippen LogP contribution is -2.31. The predicted octanol–water partition coefficient (Wildman–Crippen LogP) is 7.31. The minimum atomic E-state index is -0.271. The summed E-state index contributed by atoms with van der Waals surface area (Å²) in [5.41, 5.74) is 8.66. The van der Waals surface area contributed by atoms with E-state index in [1.165, 1.54) is 37.0 Å². The van der Waals surface area contributed by atoms with E-state index in [0.29, 0.717) is 11.3 Å². The van der Waals surface area contributed by atoms with Gasteiger partial charge in [0.1, 0.15) is 22.7 Å². The van der Waals surface area contributed by atoms with E-state index in [1.807, 2.05) is 43.3 Å². The Bertz CT molecular complexity index is 1720. The second-order valence-corrected chi connectivity index (χ2v) is 9.98. The minimum absolute atomic E-state index is 0.271. The molecule has 0 atom stereocenters. The van der Waals surface area contributed by atoms with E-state index in [1.54, 1.807) is 12.3 Å². The van der Waals surface area contributed by atoms with Crippen LogP contribution in [0.15, 0.2) is 85.1 Å². The quantitative estimate of drug-likeness (QED) is 0.222. The molecule has 196 valence electrons. The second-order valence-electron chi connectivity index (χ2n) is 9.98. The number of hydrogen-bond donors (Lipinski definition) is 2. The van der Waals surface area contributed by atoms with Gasteiger partial charge in [0.2, 0.25) is 0 Å². The molecule has 1 fully saturated rings. The molecule has 0 aliphatic carbocycles. The number of pyridine rings is 2. The lowest BCUT2D eigenvalue weighted by Gasteiger charge is -2.26. The van der Waals surface area contributed by atoms with Gasteiger partial charge in [-0.05, 0) is 97.6 Å². The number of piperidine rings is 1. The Labute approximate surface area is 227 Å². The molecule has 4 aromatic heterocycles. The first-order valence-corrected chi connectivity index (χ1v) is 13.4. The summed E-state index contributed by atoms with van der Waals surface area (Å²) in [5.74, 6) is -0.271. The summed E-state index contributed by atoms with van der Waals surface area (Å²) in [7, 11) is 0. The Balaban J connectivity index is 1.37. The molecule has 2 N–H and O–H groups in total. The van der Waals surface area contributed by atoms with Crippen molar-refractivity contribution >= 4 is 27.6 Å². The number of likely N-dealkylation sites (tertiary alicyclic amines) is 1. The smallest absolute Gasteiger partial charge is 0.138 e. The van der Waals surface area contributed by atoms with Crippen molar-refractivity contribution in [3.8, 4) is 22.5 Å². The fraction of sp³-hybridized carbons (Fsp3) is 0.219. The molecule has 0 spiro atoms. The van der Waals surface area contributed by atoms with E-state index in [-0.39, 0.29) is 5.82 Å². The van der Waals surface area contributed by atoms with Crippen LogP contribution in [0.25, 0.3) is 50.2 Å². The van der Waals surface area contributed by atoms with Gasteiger partial charge in [0.25, 0.3) is 0 Å². The Kier molecular flexibility index (Phi) is 6.90. The summed E-state index contributed by atoms with van der Waals surface area (Å²) >= 11 is 0. The van der Waals surface area contributed by atoms with Crippen LogP contribution in [0, 0.1) is 5.82 Å². The number of nitrogens with zero attached hydrogens (tertiary/aromatic N) is 4. The number of hydrogen-bond acceptors (Lipinski definition) is 4. The molecule has 1 saturated heterocycles. The van der Waals surface area contributed by atoms with Crippen LogP contribution in [-0.2, 0) is 0 Å². The van der Waals surface area contributed by atoms with Crippen molar-refractivity contribution in [2.24, 2.45) is 0 Å². The number of allylic oxidation sites excluding steroid dienone is 3. The second kappa shape index (κ2) is 10.8. The van der Waals surface area contributed by atoms with Crippen LogP contribution in [0.5, 0.6) is 0 Å². The van der Waals surface area contributed by atoms with Gasteiger partial charge in [0.15, 0.2) is 0 Å². The number of H-pyrrole nitrogens is 2. The van der Waals surface area contributed by atoms with E-state index in [4.69, 9.17) is 4.98 Å². The number of nitrogens with one attached hydrogen (secondary N) is 2. The van der Waals surface area contributed by atoms with Gasteiger partial charge in [-0.25, -0.2) is 14.4 Å². The van der Waals surface area contributed by atoms with Crippen molar-refractivity contribution in [2.45, 2.75) is 26.2 Å². The molecular weight excluding hydrogens is 487 g/mol. The van der Waals surface area contributed by atoms with Crippen molar-refractivity contribution in [3.05, 3.63) is 96.6 Å². The Morgan fingerprint density at radius 1 is 1.10 bits per heavy atom. The molecule has 6 rings (SSSR count). The van der Waals surface area contributed by atoms with E-state index >= 15 is 0 Å². The van der Waals surface area contributed by atoms with E-state index < -0.39 is 0 Å².